The van der Waals surface area contributed by atoms with Gasteiger partial charge in [-0.25, -0.2) is 0 Å². The standard InChI is InChI=1S/C13H27N3O2/c1-11(2)12(10-14)13(18)16-5-3-4-15(6-7-16)8-9-17/h11-12,17H,3-10,14H2,1-2H3. The Labute approximate surface area is 110 Å². The van der Waals surface area contributed by atoms with Crippen LogP contribution in [0.2, 0.25) is 0 Å². The van der Waals surface area contributed by atoms with Crippen LogP contribution in [0.4, 0.5) is 0 Å². The van der Waals surface area contributed by atoms with Gasteiger partial charge in [-0.05, 0) is 18.9 Å². The smallest absolute Gasteiger partial charge is 0.227 e. The molecule has 1 aliphatic heterocycles. The summed E-state index contributed by atoms with van der Waals surface area (Å²) in [7, 11) is 0. The SMILES string of the molecule is CC(C)C(CN)C(=O)N1CCCN(CCO)CC1. The summed E-state index contributed by atoms with van der Waals surface area (Å²) in [6.45, 7) is 8.77. The van der Waals surface area contributed by atoms with E-state index in [2.05, 4.69) is 4.90 Å². The van der Waals surface area contributed by atoms with Gasteiger partial charge in [-0.15, -0.1) is 0 Å². The Balaban J connectivity index is 2.53. The van der Waals surface area contributed by atoms with Crippen molar-refractivity contribution >= 4 is 5.91 Å². The van der Waals surface area contributed by atoms with Crippen LogP contribution in [0.1, 0.15) is 20.3 Å². The highest BCUT2D eigenvalue weighted by atomic mass is 16.3. The lowest BCUT2D eigenvalue weighted by Crippen LogP contribution is -2.43. The lowest BCUT2D eigenvalue weighted by Gasteiger charge is -2.27. The van der Waals surface area contributed by atoms with Gasteiger partial charge in [0.25, 0.3) is 0 Å². The Morgan fingerprint density at radius 3 is 2.56 bits per heavy atom. The third-order valence-corrected chi connectivity index (χ3v) is 3.69. The molecule has 1 rings (SSSR count). The van der Waals surface area contributed by atoms with Crippen molar-refractivity contribution in [1.82, 2.24) is 9.80 Å². The van der Waals surface area contributed by atoms with Gasteiger partial charge < -0.3 is 15.7 Å². The number of β-amino-alcohol motifs (C(OH)–C–C–N with tert-alkyl or cyclic N) is 1. The molecule has 1 saturated heterocycles. The molecule has 18 heavy (non-hydrogen) atoms. The second-order valence-electron chi connectivity index (χ2n) is 5.33. The molecule has 0 aromatic rings. The summed E-state index contributed by atoms with van der Waals surface area (Å²) in [5.74, 6) is 0.423. The van der Waals surface area contributed by atoms with Crippen LogP contribution in [0.5, 0.6) is 0 Å². The van der Waals surface area contributed by atoms with Crippen LogP contribution in [0.15, 0.2) is 0 Å². The number of rotatable bonds is 5. The molecule has 0 aliphatic carbocycles. The van der Waals surface area contributed by atoms with Crippen LogP contribution in [-0.4, -0.2) is 66.7 Å². The summed E-state index contributed by atoms with van der Waals surface area (Å²) in [6.07, 6.45) is 0.973. The highest BCUT2D eigenvalue weighted by Crippen LogP contribution is 2.14. The van der Waals surface area contributed by atoms with Crippen molar-refractivity contribution in [2.24, 2.45) is 17.6 Å². The van der Waals surface area contributed by atoms with Crippen molar-refractivity contribution in [2.75, 3.05) is 45.9 Å². The van der Waals surface area contributed by atoms with E-state index >= 15 is 0 Å². The van der Waals surface area contributed by atoms with E-state index in [1.165, 1.54) is 0 Å². The molecule has 0 bridgehead atoms. The monoisotopic (exact) mass is 257 g/mol. The minimum atomic E-state index is -0.0607. The Bertz CT molecular complexity index is 259. The third kappa shape index (κ3) is 4.23. The molecule has 0 aromatic heterocycles. The number of carbonyl (C=O) groups is 1. The molecule has 0 radical (unpaired) electrons. The molecule has 1 heterocycles. The molecule has 5 nitrogen and oxygen atoms in total. The van der Waals surface area contributed by atoms with Gasteiger partial charge >= 0.3 is 0 Å². The Hall–Kier alpha value is -0.650. The number of aliphatic hydroxyl groups excluding tert-OH is 1. The first-order chi connectivity index (χ1) is 8.60. The maximum absolute atomic E-state index is 12.4. The largest absolute Gasteiger partial charge is 0.395 e. The molecular weight excluding hydrogens is 230 g/mol. The van der Waals surface area contributed by atoms with Crippen molar-refractivity contribution in [2.45, 2.75) is 20.3 Å². The number of amides is 1. The van der Waals surface area contributed by atoms with Gasteiger partial charge in [0.1, 0.15) is 0 Å². The van der Waals surface area contributed by atoms with Crippen molar-refractivity contribution < 1.29 is 9.90 Å². The topological polar surface area (TPSA) is 69.8 Å². The molecular formula is C13H27N3O2. The average molecular weight is 257 g/mol. The summed E-state index contributed by atoms with van der Waals surface area (Å²) in [5.41, 5.74) is 5.70. The van der Waals surface area contributed by atoms with E-state index in [1.807, 2.05) is 18.7 Å². The van der Waals surface area contributed by atoms with E-state index in [4.69, 9.17) is 10.8 Å². The van der Waals surface area contributed by atoms with E-state index in [9.17, 15) is 4.79 Å². The highest BCUT2D eigenvalue weighted by Gasteiger charge is 2.27. The zero-order valence-electron chi connectivity index (χ0n) is 11.6. The zero-order valence-corrected chi connectivity index (χ0v) is 11.6. The van der Waals surface area contributed by atoms with Crippen LogP contribution in [0, 0.1) is 11.8 Å². The molecule has 1 unspecified atom stereocenters. The first-order valence-electron chi connectivity index (χ1n) is 6.92. The fourth-order valence-electron chi connectivity index (χ4n) is 2.45. The number of nitrogens with two attached hydrogens (primary N) is 1. The van der Waals surface area contributed by atoms with Crippen molar-refractivity contribution in [3.63, 3.8) is 0 Å². The predicted octanol–water partition coefficient (Wildman–Crippen LogP) is -0.256. The van der Waals surface area contributed by atoms with Crippen molar-refractivity contribution in [1.29, 1.82) is 0 Å². The van der Waals surface area contributed by atoms with Crippen LogP contribution in [0.25, 0.3) is 0 Å². The maximum atomic E-state index is 12.4. The first-order valence-corrected chi connectivity index (χ1v) is 6.92. The van der Waals surface area contributed by atoms with Crippen molar-refractivity contribution in [3.05, 3.63) is 0 Å². The normalized spacial score (nSPS) is 19.9. The van der Waals surface area contributed by atoms with Gasteiger partial charge in [-0.3, -0.25) is 9.69 Å². The van der Waals surface area contributed by atoms with E-state index in [1.54, 1.807) is 0 Å². The number of aliphatic hydroxyl groups is 1. The van der Waals surface area contributed by atoms with Gasteiger partial charge in [-0.2, -0.15) is 0 Å². The molecule has 0 spiro atoms. The summed E-state index contributed by atoms with van der Waals surface area (Å²) in [6, 6.07) is 0. The zero-order chi connectivity index (χ0) is 13.5. The summed E-state index contributed by atoms with van der Waals surface area (Å²) in [5, 5.41) is 8.95. The number of hydrogen-bond acceptors (Lipinski definition) is 4. The van der Waals surface area contributed by atoms with E-state index in [-0.39, 0.29) is 18.4 Å². The lowest BCUT2D eigenvalue weighted by atomic mass is 9.94. The molecule has 106 valence electrons. The Morgan fingerprint density at radius 1 is 1.28 bits per heavy atom. The Kier molecular flexibility index (Phi) is 6.60. The summed E-state index contributed by atoms with van der Waals surface area (Å²) in [4.78, 5) is 16.5. The second-order valence-corrected chi connectivity index (χ2v) is 5.33. The lowest BCUT2D eigenvalue weighted by molar-refractivity contribution is -0.136. The van der Waals surface area contributed by atoms with Crippen LogP contribution < -0.4 is 5.73 Å². The number of carbonyl (C=O) groups excluding carboxylic acids is 1. The average Bonchev–Trinajstić information content (AvgIpc) is 2.55. The van der Waals surface area contributed by atoms with Gasteiger partial charge in [0.15, 0.2) is 0 Å². The van der Waals surface area contributed by atoms with Crippen molar-refractivity contribution in [3.8, 4) is 0 Å². The van der Waals surface area contributed by atoms with Crippen LogP contribution in [0.3, 0.4) is 0 Å². The summed E-state index contributed by atoms with van der Waals surface area (Å²) >= 11 is 0. The number of hydrogen-bond donors (Lipinski definition) is 2. The molecule has 1 atom stereocenters. The van der Waals surface area contributed by atoms with E-state index < -0.39 is 0 Å². The number of nitrogens with zero attached hydrogens (tertiary/aromatic N) is 2. The van der Waals surface area contributed by atoms with E-state index in [0.29, 0.717) is 19.0 Å². The molecule has 1 amide bonds. The Morgan fingerprint density at radius 2 is 2.00 bits per heavy atom. The van der Waals surface area contributed by atoms with Crippen LogP contribution >= 0.6 is 0 Å². The molecule has 0 saturated carbocycles. The fraction of sp³-hybridized carbons (Fsp3) is 0.923. The van der Waals surface area contributed by atoms with Gasteiger partial charge in [0.2, 0.25) is 5.91 Å². The molecule has 0 aromatic carbocycles. The third-order valence-electron chi connectivity index (χ3n) is 3.69. The minimum absolute atomic E-state index is 0.0607. The van der Waals surface area contributed by atoms with Crippen LogP contribution in [-0.2, 0) is 4.79 Å². The molecule has 1 aliphatic rings. The molecule has 5 heteroatoms. The minimum Gasteiger partial charge on any atom is -0.395 e. The van der Waals surface area contributed by atoms with Gasteiger partial charge in [0.05, 0.1) is 12.5 Å². The van der Waals surface area contributed by atoms with Gasteiger partial charge in [0, 0.05) is 32.7 Å². The summed E-state index contributed by atoms with van der Waals surface area (Å²) < 4.78 is 0. The fourth-order valence-corrected chi connectivity index (χ4v) is 2.45. The first kappa shape index (κ1) is 15.4. The molecule has 1 fully saturated rings. The molecule has 3 N–H and O–H groups in total. The predicted molar refractivity (Wildman–Crippen MR) is 72.1 cm³/mol. The highest BCUT2D eigenvalue weighted by molar-refractivity contribution is 5.79. The second kappa shape index (κ2) is 7.71. The van der Waals surface area contributed by atoms with E-state index in [0.717, 1.165) is 32.6 Å². The maximum Gasteiger partial charge on any atom is 0.227 e. The van der Waals surface area contributed by atoms with Gasteiger partial charge in [-0.1, -0.05) is 13.8 Å². The quantitative estimate of drug-likeness (QED) is 0.712.